The Morgan fingerprint density at radius 1 is 1.50 bits per heavy atom. The van der Waals surface area contributed by atoms with Crippen LogP contribution in [0, 0.1) is 18.3 Å². The van der Waals surface area contributed by atoms with Crippen molar-refractivity contribution in [1.82, 2.24) is 10.3 Å². The summed E-state index contributed by atoms with van der Waals surface area (Å²) >= 11 is 0. The lowest BCUT2D eigenvalue weighted by Crippen LogP contribution is -2.66. The number of nitrogens with zero attached hydrogens (tertiary/aromatic N) is 1. The molecule has 0 spiro atoms. The van der Waals surface area contributed by atoms with Crippen LogP contribution < -0.4 is 5.32 Å². The van der Waals surface area contributed by atoms with Crippen LogP contribution in [-0.4, -0.2) is 23.7 Å². The van der Waals surface area contributed by atoms with Crippen LogP contribution in [0.3, 0.4) is 0 Å². The van der Waals surface area contributed by atoms with E-state index in [2.05, 4.69) is 31.1 Å². The summed E-state index contributed by atoms with van der Waals surface area (Å²) in [5.41, 5.74) is 0.205. The number of hydrogen-bond donors (Lipinski definition) is 1. The van der Waals surface area contributed by atoms with Crippen LogP contribution in [0.15, 0.2) is 10.6 Å². The van der Waals surface area contributed by atoms with Crippen molar-refractivity contribution in [2.24, 2.45) is 11.3 Å². The summed E-state index contributed by atoms with van der Waals surface area (Å²) in [6.07, 6.45) is 3.37. The Morgan fingerprint density at radius 3 is 2.94 bits per heavy atom. The van der Waals surface area contributed by atoms with E-state index in [4.69, 9.17) is 9.15 Å². The maximum atomic E-state index is 5.81. The van der Waals surface area contributed by atoms with E-state index in [0.717, 1.165) is 18.3 Å². The van der Waals surface area contributed by atoms with E-state index in [9.17, 15) is 0 Å². The molecule has 4 nitrogen and oxygen atoms in total. The van der Waals surface area contributed by atoms with Crippen LogP contribution in [0.2, 0.25) is 0 Å². The van der Waals surface area contributed by atoms with Crippen LogP contribution in [0.5, 0.6) is 0 Å². The van der Waals surface area contributed by atoms with Gasteiger partial charge in [0.05, 0.1) is 18.3 Å². The minimum Gasteiger partial charge on any atom is -0.444 e. The maximum absolute atomic E-state index is 5.81. The molecule has 3 rings (SSSR count). The lowest BCUT2D eigenvalue weighted by molar-refractivity contribution is -0.115. The predicted octanol–water partition coefficient (Wildman–Crippen LogP) is 2.45. The van der Waals surface area contributed by atoms with Crippen molar-refractivity contribution in [3.8, 4) is 0 Å². The van der Waals surface area contributed by atoms with Crippen molar-refractivity contribution in [2.75, 3.05) is 6.61 Å². The zero-order valence-corrected chi connectivity index (χ0v) is 11.6. The maximum Gasteiger partial charge on any atom is 0.211 e. The minimum atomic E-state index is 0.157. The van der Waals surface area contributed by atoms with Gasteiger partial charge in [-0.25, -0.2) is 4.98 Å². The second kappa shape index (κ2) is 4.07. The molecule has 4 unspecified atom stereocenters. The topological polar surface area (TPSA) is 47.3 Å². The molecular formula is C14H22N2O2. The van der Waals surface area contributed by atoms with Gasteiger partial charge in [0, 0.05) is 24.0 Å². The van der Waals surface area contributed by atoms with Gasteiger partial charge in [-0.05, 0) is 20.3 Å². The zero-order valence-electron chi connectivity index (χ0n) is 11.6. The van der Waals surface area contributed by atoms with Crippen LogP contribution in [-0.2, 0) is 4.74 Å². The number of rotatable bonds is 3. The highest BCUT2D eigenvalue weighted by atomic mass is 16.5. The highest BCUT2D eigenvalue weighted by Crippen LogP contribution is 2.52. The molecule has 2 aliphatic rings. The summed E-state index contributed by atoms with van der Waals surface area (Å²) in [4.78, 5) is 4.30. The third-order valence-electron chi connectivity index (χ3n) is 4.54. The Balaban J connectivity index is 1.69. The first-order valence-electron chi connectivity index (χ1n) is 6.80. The molecule has 100 valence electrons. The third kappa shape index (κ3) is 1.70. The molecule has 0 bridgehead atoms. The molecule has 0 radical (unpaired) electrons. The van der Waals surface area contributed by atoms with E-state index in [1.165, 1.54) is 6.42 Å². The van der Waals surface area contributed by atoms with Crippen molar-refractivity contribution in [1.29, 1.82) is 0 Å². The van der Waals surface area contributed by atoms with Gasteiger partial charge in [-0.2, -0.15) is 0 Å². The normalized spacial score (nSPS) is 35.0. The Bertz CT molecular complexity index is 441. The van der Waals surface area contributed by atoms with E-state index in [-0.39, 0.29) is 11.5 Å². The number of hydrogen-bond acceptors (Lipinski definition) is 4. The van der Waals surface area contributed by atoms with Crippen molar-refractivity contribution >= 4 is 0 Å². The second-order valence-electron chi connectivity index (χ2n) is 6.24. The number of ether oxygens (including phenoxy) is 1. The SMILES string of the molecule is Cc1cnc(C(C)NC2C3CCOC3C2(C)C)o1. The Hall–Kier alpha value is -0.870. The molecular weight excluding hydrogens is 228 g/mol. The number of fused-ring (bicyclic) bond motifs is 1. The fraction of sp³-hybridized carbons (Fsp3) is 0.786. The lowest BCUT2D eigenvalue weighted by atomic mass is 9.57. The number of aryl methyl sites for hydroxylation is 1. The van der Waals surface area contributed by atoms with Crippen molar-refractivity contribution < 1.29 is 9.15 Å². The summed E-state index contributed by atoms with van der Waals surface area (Å²) in [6, 6.07) is 0.650. The quantitative estimate of drug-likeness (QED) is 0.895. The minimum absolute atomic E-state index is 0.157. The van der Waals surface area contributed by atoms with Crippen LogP contribution in [0.1, 0.15) is 44.9 Å². The first-order chi connectivity index (χ1) is 8.50. The van der Waals surface area contributed by atoms with Crippen LogP contribution >= 0.6 is 0 Å². The molecule has 4 heteroatoms. The highest BCUT2D eigenvalue weighted by Gasteiger charge is 2.59. The van der Waals surface area contributed by atoms with Crippen molar-refractivity contribution in [3.05, 3.63) is 17.8 Å². The van der Waals surface area contributed by atoms with Crippen molar-refractivity contribution in [3.63, 3.8) is 0 Å². The number of oxazole rings is 1. The van der Waals surface area contributed by atoms with Gasteiger partial charge in [-0.15, -0.1) is 0 Å². The molecule has 18 heavy (non-hydrogen) atoms. The average Bonchev–Trinajstić information content (AvgIpc) is 2.92. The molecule has 1 aromatic rings. The van der Waals surface area contributed by atoms with E-state index >= 15 is 0 Å². The summed E-state index contributed by atoms with van der Waals surface area (Å²) < 4.78 is 11.4. The second-order valence-corrected chi connectivity index (χ2v) is 6.24. The molecule has 2 fully saturated rings. The largest absolute Gasteiger partial charge is 0.444 e. The fourth-order valence-electron chi connectivity index (χ4n) is 3.58. The summed E-state index contributed by atoms with van der Waals surface area (Å²) in [5.74, 6) is 2.30. The van der Waals surface area contributed by atoms with E-state index in [0.29, 0.717) is 18.1 Å². The molecule has 1 aliphatic carbocycles. The summed E-state index contributed by atoms with van der Waals surface area (Å²) in [5, 5.41) is 3.67. The Kier molecular flexibility index (Phi) is 2.75. The van der Waals surface area contributed by atoms with E-state index in [1.807, 2.05) is 6.92 Å². The van der Waals surface area contributed by atoms with Gasteiger partial charge in [-0.1, -0.05) is 13.8 Å². The van der Waals surface area contributed by atoms with E-state index < -0.39 is 0 Å². The van der Waals surface area contributed by atoms with Gasteiger partial charge in [0.15, 0.2) is 0 Å². The molecule has 1 saturated carbocycles. The Labute approximate surface area is 108 Å². The lowest BCUT2D eigenvalue weighted by Gasteiger charge is -2.55. The molecule has 0 aromatic carbocycles. The van der Waals surface area contributed by atoms with Gasteiger partial charge >= 0.3 is 0 Å². The summed E-state index contributed by atoms with van der Waals surface area (Å²) in [7, 11) is 0. The standard InChI is InChI=1S/C14H22N2O2/c1-8-7-15-13(18-8)9(2)16-11-10-5-6-17-12(10)14(11,3)4/h7,9-12,16H,5-6H2,1-4H3. The van der Waals surface area contributed by atoms with Gasteiger partial charge < -0.3 is 14.5 Å². The number of nitrogens with one attached hydrogen (secondary N) is 1. The van der Waals surface area contributed by atoms with Crippen LogP contribution in [0.25, 0.3) is 0 Å². The van der Waals surface area contributed by atoms with Gasteiger partial charge in [0.25, 0.3) is 0 Å². The fourth-order valence-corrected chi connectivity index (χ4v) is 3.58. The molecule has 1 aromatic heterocycles. The first kappa shape index (κ1) is 12.2. The van der Waals surface area contributed by atoms with Crippen molar-refractivity contribution in [2.45, 2.75) is 52.3 Å². The molecule has 4 atom stereocenters. The van der Waals surface area contributed by atoms with Gasteiger partial charge in [-0.3, -0.25) is 0 Å². The average molecular weight is 250 g/mol. The van der Waals surface area contributed by atoms with Crippen LogP contribution in [0.4, 0.5) is 0 Å². The third-order valence-corrected chi connectivity index (χ3v) is 4.54. The molecule has 1 saturated heterocycles. The zero-order chi connectivity index (χ0) is 12.9. The summed E-state index contributed by atoms with van der Waals surface area (Å²) in [6.45, 7) is 9.51. The smallest absolute Gasteiger partial charge is 0.211 e. The van der Waals surface area contributed by atoms with Gasteiger partial charge in [0.2, 0.25) is 5.89 Å². The molecule has 1 N–H and O–H groups in total. The monoisotopic (exact) mass is 250 g/mol. The molecule has 0 amide bonds. The first-order valence-corrected chi connectivity index (χ1v) is 6.80. The molecule has 1 aliphatic heterocycles. The number of aromatic nitrogens is 1. The van der Waals surface area contributed by atoms with E-state index in [1.54, 1.807) is 6.20 Å². The Morgan fingerprint density at radius 2 is 2.28 bits per heavy atom. The van der Waals surface area contributed by atoms with Gasteiger partial charge in [0.1, 0.15) is 5.76 Å². The molecule has 2 heterocycles. The highest BCUT2D eigenvalue weighted by molar-refractivity contribution is 5.12. The predicted molar refractivity (Wildman–Crippen MR) is 68.2 cm³/mol.